The molecule has 0 spiro atoms. The van der Waals surface area contributed by atoms with E-state index in [-0.39, 0.29) is 14.6 Å². The molecule has 1 rings (SSSR count). The lowest BCUT2D eigenvalue weighted by Crippen LogP contribution is -2.21. The Morgan fingerprint density at radius 3 is 2.06 bits per heavy atom. The number of nitrogens with one attached hydrogen (secondary N) is 1. The van der Waals surface area contributed by atoms with E-state index in [0.717, 1.165) is 0 Å². The van der Waals surface area contributed by atoms with Crippen molar-refractivity contribution in [2.75, 3.05) is 10.5 Å². The number of halogens is 4. The summed E-state index contributed by atoms with van der Waals surface area (Å²) in [6, 6.07) is 2.79. The van der Waals surface area contributed by atoms with Crippen molar-refractivity contribution in [2.45, 2.75) is 5.76 Å². The van der Waals surface area contributed by atoms with E-state index in [1.165, 1.54) is 12.1 Å². The molecule has 0 aromatic heterocycles. The predicted molar refractivity (Wildman–Crippen MR) is 64.8 cm³/mol. The molecule has 0 amide bonds. The third kappa shape index (κ3) is 3.05. The monoisotopic (exact) mass is 378 g/mol. The maximum absolute atomic E-state index is 12.1. The van der Waals surface area contributed by atoms with Crippen molar-refractivity contribution in [3.8, 4) is 0 Å². The smallest absolute Gasteiger partial charge is 0.355 e. The molecular formula is C7H6Br2F2N2O2S. The number of hydrogen-bond donors (Lipinski definition) is 2. The maximum Gasteiger partial charge on any atom is 0.355 e. The van der Waals surface area contributed by atoms with Crippen molar-refractivity contribution < 1.29 is 17.2 Å². The number of benzene rings is 1. The van der Waals surface area contributed by atoms with Crippen LogP contribution in [0.2, 0.25) is 0 Å². The van der Waals surface area contributed by atoms with Gasteiger partial charge >= 0.3 is 5.76 Å². The molecule has 0 aliphatic rings. The van der Waals surface area contributed by atoms with Gasteiger partial charge in [-0.05, 0) is 44.0 Å². The van der Waals surface area contributed by atoms with Crippen molar-refractivity contribution >= 4 is 53.3 Å². The zero-order chi connectivity index (χ0) is 12.5. The predicted octanol–water partition coefficient (Wildman–Crippen LogP) is 2.76. The Balaban J connectivity index is 3.17. The van der Waals surface area contributed by atoms with Gasteiger partial charge in [0.2, 0.25) is 0 Å². The van der Waals surface area contributed by atoms with E-state index in [1.807, 2.05) is 0 Å². The fourth-order valence-electron chi connectivity index (χ4n) is 0.877. The van der Waals surface area contributed by atoms with E-state index >= 15 is 0 Å². The topological polar surface area (TPSA) is 72.2 Å². The van der Waals surface area contributed by atoms with E-state index in [9.17, 15) is 17.2 Å². The third-order valence-corrected chi connectivity index (χ3v) is 3.75. The van der Waals surface area contributed by atoms with Gasteiger partial charge in [-0.3, -0.25) is 4.72 Å². The van der Waals surface area contributed by atoms with Gasteiger partial charge in [-0.1, -0.05) is 0 Å². The zero-order valence-corrected chi connectivity index (χ0v) is 11.5. The highest BCUT2D eigenvalue weighted by Crippen LogP contribution is 2.34. The van der Waals surface area contributed by atoms with Crippen LogP contribution in [0.25, 0.3) is 0 Å². The number of sulfonamides is 1. The SMILES string of the molecule is Nc1cc(Br)c(NS(=O)(=O)C(F)F)c(Br)c1. The Bertz CT molecular complexity index is 484. The molecule has 4 nitrogen and oxygen atoms in total. The number of rotatable bonds is 3. The van der Waals surface area contributed by atoms with Gasteiger partial charge in [0.25, 0.3) is 10.0 Å². The first-order valence-corrected chi connectivity index (χ1v) is 6.91. The van der Waals surface area contributed by atoms with Crippen molar-refractivity contribution in [2.24, 2.45) is 0 Å². The summed E-state index contributed by atoms with van der Waals surface area (Å²) in [7, 11) is -4.69. The summed E-state index contributed by atoms with van der Waals surface area (Å²) in [5.41, 5.74) is 5.81. The van der Waals surface area contributed by atoms with Crippen molar-refractivity contribution in [3.05, 3.63) is 21.1 Å². The van der Waals surface area contributed by atoms with E-state index in [4.69, 9.17) is 5.73 Å². The average molecular weight is 380 g/mol. The van der Waals surface area contributed by atoms with Crippen molar-refractivity contribution in [1.29, 1.82) is 0 Å². The number of nitrogen functional groups attached to an aromatic ring is 1. The zero-order valence-electron chi connectivity index (χ0n) is 7.55. The minimum atomic E-state index is -4.69. The molecule has 9 heteroatoms. The first kappa shape index (κ1) is 13.7. The molecule has 16 heavy (non-hydrogen) atoms. The summed E-state index contributed by atoms with van der Waals surface area (Å²) >= 11 is 6.04. The van der Waals surface area contributed by atoms with Crippen LogP contribution >= 0.6 is 31.9 Å². The van der Waals surface area contributed by atoms with Crippen LogP contribution in [0, 0.1) is 0 Å². The van der Waals surface area contributed by atoms with Crippen molar-refractivity contribution in [1.82, 2.24) is 0 Å². The Morgan fingerprint density at radius 2 is 1.69 bits per heavy atom. The van der Waals surface area contributed by atoms with Gasteiger partial charge in [-0.2, -0.15) is 8.78 Å². The van der Waals surface area contributed by atoms with E-state index in [1.54, 1.807) is 4.72 Å². The number of hydrogen-bond acceptors (Lipinski definition) is 3. The molecule has 0 heterocycles. The van der Waals surface area contributed by atoms with Crippen LogP contribution in [0.5, 0.6) is 0 Å². The van der Waals surface area contributed by atoms with Crippen molar-refractivity contribution in [3.63, 3.8) is 0 Å². The summed E-state index contributed by atoms with van der Waals surface area (Å²) in [6.07, 6.45) is 0. The largest absolute Gasteiger partial charge is 0.399 e. The number of nitrogens with two attached hydrogens (primary N) is 1. The molecule has 0 radical (unpaired) electrons. The van der Waals surface area contributed by atoms with Crippen LogP contribution in [0.3, 0.4) is 0 Å². The Morgan fingerprint density at radius 1 is 1.25 bits per heavy atom. The lowest BCUT2D eigenvalue weighted by Gasteiger charge is -2.11. The van der Waals surface area contributed by atoms with Gasteiger partial charge in [0.1, 0.15) is 0 Å². The summed E-state index contributed by atoms with van der Waals surface area (Å²) < 4.78 is 48.5. The molecule has 0 bridgehead atoms. The highest BCUT2D eigenvalue weighted by atomic mass is 79.9. The summed E-state index contributed by atoms with van der Waals surface area (Å²) in [4.78, 5) is 0. The number of anilines is 2. The second-order valence-corrected chi connectivity index (χ2v) is 6.13. The molecule has 1 aromatic rings. The number of alkyl halides is 2. The normalized spacial score (nSPS) is 11.8. The first-order chi connectivity index (χ1) is 7.24. The molecule has 0 aliphatic heterocycles. The third-order valence-electron chi connectivity index (χ3n) is 1.54. The molecule has 0 unspecified atom stereocenters. The molecular weight excluding hydrogens is 374 g/mol. The lowest BCUT2D eigenvalue weighted by atomic mass is 10.3. The van der Waals surface area contributed by atoms with Gasteiger partial charge in [0.05, 0.1) is 5.69 Å². The van der Waals surface area contributed by atoms with Crippen LogP contribution < -0.4 is 10.5 Å². The molecule has 0 fully saturated rings. The Labute approximate surface area is 108 Å². The van der Waals surface area contributed by atoms with Gasteiger partial charge in [-0.25, -0.2) is 8.42 Å². The van der Waals surface area contributed by atoms with Gasteiger partial charge in [-0.15, -0.1) is 0 Å². The van der Waals surface area contributed by atoms with Crippen LogP contribution in [0.4, 0.5) is 20.2 Å². The van der Waals surface area contributed by atoms with Gasteiger partial charge in [0, 0.05) is 14.6 Å². The molecule has 3 N–H and O–H groups in total. The highest BCUT2D eigenvalue weighted by molar-refractivity contribution is 9.11. The van der Waals surface area contributed by atoms with Crippen LogP contribution in [0.1, 0.15) is 0 Å². The fraction of sp³-hybridized carbons (Fsp3) is 0.143. The second kappa shape index (κ2) is 4.84. The summed E-state index contributed by atoms with van der Waals surface area (Å²) in [5, 5.41) is 0. The molecule has 0 aliphatic carbocycles. The quantitative estimate of drug-likeness (QED) is 0.793. The van der Waals surface area contributed by atoms with Crippen LogP contribution in [-0.2, 0) is 10.0 Å². The minimum Gasteiger partial charge on any atom is -0.399 e. The first-order valence-electron chi connectivity index (χ1n) is 3.78. The molecule has 0 saturated heterocycles. The lowest BCUT2D eigenvalue weighted by molar-refractivity contribution is 0.236. The highest BCUT2D eigenvalue weighted by Gasteiger charge is 2.25. The maximum atomic E-state index is 12.1. The molecule has 0 saturated carbocycles. The molecule has 1 aromatic carbocycles. The van der Waals surface area contributed by atoms with Crippen LogP contribution in [0.15, 0.2) is 21.1 Å². The summed E-state index contributed by atoms with van der Waals surface area (Å²) in [5.74, 6) is -3.50. The van der Waals surface area contributed by atoms with E-state index in [2.05, 4.69) is 31.9 Å². The Kier molecular flexibility index (Phi) is 4.13. The Hall–Kier alpha value is -0.410. The van der Waals surface area contributed by atoms with E-state index in [0.29, 0.717) is 5.69 Å². The summed E-state index contributed by atoms with van der Waals surface area (Å²) in [6.45, 7) is 0. The molecule has 90 valence electrons. The standard InChI is InChI=1S/C7H6Br2F2N2O2S/c8-4-1-3(12)2-5(9)6(4)13-16(14,15)7(10)11/h1-2,7,13H,12H2. The molecule has 0 atom stereocenters. The van der Waals surface area contributed by atoms with Gasteiger partial charge in [0.15, 0.2) is 0 Å². The van der Waals surface area contributed by atoms with E-state index < -0.39 is 15.8 Å². The average Bonchev–Trinajstić information content (AvgIpc) is 2.11. The second-order valence-electron chi connectivity index (χ2n) is 2.77. The minimum absolute atomic E-state index is 0.0190. The van der Waals surface area contributed by atoms with Gasteiger partial charge < -0.3 is 5.73 Å². The fourth-order valence-corrected chi connectivity index (χ4v) is 3.15. The van der Waals surface area contributed by atoms with Crippen LogP contribution in [-0.4, -0.2) is 14.2 Å².